The number of rotatable bonds is 4. The van der Waals surface area contributed by atoms with Gasteiger partial charge in [-0.1, -0.05) is 6.92 Å². The first kappa shape index (κ1) is 15.3. The van der Waals surface area contributed by atoms with E-state index >= 15 is 0 Å². The minimum Gasteiger partial charge on any atom is -0.380 e. The standard InChI is InChI=1S/C11H16ClN3O4S/c1-3-8-10(20(12,17)18)9(14-13-8)11(16)15-5-4-7(6-15)19-2/h7H,3-6H2,1-2H3,(H,13,14). The fourth-order valence-corrected chi connectivity index (χ4v) is 3.62. The minimum atomic E-state index is -4.03. The number of aryl methyl sites for hydroxylation is 1. The Bertz CT molecular complexity index is 613. The molecule has 0 saturated carbocycles. The van der Waals surface area contributed by atoms with E-state index in [2.05, 4.69) is 10.2 Å². The summed E-state index contributed by atoms with van der Waals surface area (Å²) in [7, 11) is 2.97. The van der Waals surface area contributed by atoms with Crippen LogP contribution in [-0.4, -0.2) is 55.7 Å². The molecule has 1 aliphatic rings. The van der Waals surface area contributed by atoms with Crippen LogP contribution < -0.4 is 0 Å². The summed E-state index contributed by atoms with van der Waals surface area (Å²) in [6.07, 6.45) is 1.08. The lowest BCUT2D eigenvalue weighted by Crippen LogP contribution is -2.31. The van der Waals surface area contributed by atoms with E-state index in [-0.39, 0.29) is 16.7 Å². The predicted molar refractivity (Wildman–Crippen MR) is 72.3 cm³/mol. The molecule has 1 amide bonds. The molecule has 2 rings (SSSR count). The molecule has 7 nitrogen and oxygen atoms in total. The number of amides is 1. The zero-order chi connectivity index (χ0) is 14.9. The summed E-state index contributed by atoms with van der Waals surface area (Å²) in [5.41, 5.74) is 0.194. The van der Waals surface area contributed by atoms with Gasteiger partial charge >= 0.3 is 0 Å². The molecule has 9 heteroatoms. The van der Waals surface area contributed by atoms with Gasteiger partial charge in [-0.2, -0.15) is 5.10 Å². The van der Waals surface area contributed by atoms with Crippen molar-refractivity contribution in [3.8, 4) is 0 Å². The third kappa shape index (κ3) is 2.82. The summed E-state index contributed by atoms with van der Waals surface area (Å²) in [5.74, 6) is -0.445. The first-order valence-electron chi connectivity index (χ1n) is 6.22. The number of nitrogens with one attached hydrogen (secondary N) is 1. The molecule has 1 aromatic rings. The SMILES string of the molecule is CCc1[nH]nc(C(=O)N2CCC(OC)C2)c1S(=O)(=O)Cl. The number of hydrogen-bond donors (Lipinski definition) is 1. The number of hydrogen-bond acceptors (Lipinski definition) is 5. The largest absolute Gasteiger partial charge is 0.380 e. The van der Waals surface area contributed by atoms with Crippen molar-refractivity contribution < 1.29 is 17.9 Å². The average molecular weight is 322 g/mol. The van der Waals surface area contributed by atoms with Crippen molar-refractivity contribution in [2.45, 2.75) is 30.8 Å². The molecule has 2 heterocycles. The highest BCUT2D eigenvalue weighted by molar-refractivity contribution is 8.13. The van der Waals surface area contributed by atoms with Crippen molar-refractivity contribution in [3.63, 3.8) is 0 Å². The van der Waals surface area contributed by atoms with Gasteiger partial charge in [-0.25, -0.2) is 8.42 Å². The van der Waals surface area contributed by atoms with Crippen LogP contribution in [-0.2, 0) is 20.2 Å². The van der Waals surface area contributed by atoms with Crippen LogP contribution in [0.3, 0.4) is 0 Å². The van der Waals surface area contributed by atoms with Gasteiger partial charge in [0.1, 0.15) is 4.90 Å². The van der Waals surface area contributed by atoms with E-state index in [1.54, 1.807) is 14.0 Å². The number of halogens is 1. The Morgan fingerprint density at radius 2 is 2.30 bits per heavy atom. The third-order valence-electron chi connectivity index (χ3n) is 3.36. The van der Waals surface area contributed by atoms with Gasteiger partial charge in [-0.05, 0) is 12.8 Å². The summed E-state index contributed by atoms with van der Waals surface area (Å²) in [6, 6.07) is 0. The molecule has 0 aromatic carbocycles. The predicted octanol–water partition coefficient (Wildman–Crippen LogP) is 0.760. The first-order valence-corrected chi connectivity index (χ1v) is 8.53. The van der Waals surface area contributed by atoms with E-state index in [1.165, 1.54) is 4.90 Å². The van der Waals surface area contributed by atoms with Gasteiger partial charge in [-0.15, -0.1) is 0 Å². The fraction of sp³-hybridized carbons (Fsp3) is 0.636. The van der Waals surface area contributed by atoms with Crippen LogP contribution in [0.5, 0.6) is 0 Å². The van der Waals surface area contributed by atoms with Crippen molar-refractivity contribution in [2.75, 3.05) is 20.2 Å². The minimum absolute atomic E-state index is 0.0282. The van der Waals surface area contributed by atoms with Crippen molar-refractivity contribution in [2.24, 2.45) is 0 Å². The van der Waals surface area contributed by atoms with Crippen LogP contribution in [0.4, 0.5) is 0 Å². The molecule has 0 spiro atoms. The Morgan fingerprint density at radius 3 is 2.80 bits per heavy atom. The van der Waals surface area contributed by atoms with E-state index in [4.69, 9.17) is 15.4 Å². The number of aromatic amines is 1. The maximum absolute atomic E-state index is 12.4. The maximum atomic E-state index is 12.4. The highest BCUT2D eigenvalue weighted by Crippen LogP contribution is 2.25. The summed E-state index contributed by atoms with van der Waals surface area (Å²) in [4.78, 5) is 13.7. The first-order chi connectivity index (χ1) is 9.38. The smallest absolute Gasteiger partial charge is 0.275 e. The number of likely N-dealkylation sites (tertiary alicyclic amines) is 1. The summed E-state index contributed by atoms with van der Waals surface area (Å²) in [5, 5.41) is 6.40. The molecule has 1 N–H and O–H groups in total. The normalized spacial score (nSPS) is 19.6. The quantitative estimate of drug-likeness (QED) is 0.827. The number of H-pyrrole nitrogens is 1. The lowest BCUT2D eigenvalue weighted by atomic mass is 10.3. The summed E-state index contributed by atoms with van der Waals surface area (Å²) < 4.78 is 28.5. The second-order valence-electron chi connectivity index (χ2n) is 4.57. The highest BCUT2D eigenvalue weighted by Gasteiger charge is 2.33. The van der Waals surface area contributed by atoms with Gasteiger partial charge in [0.15, 0.2) is 5.69 Å². The highest BCUT2D eigenvalue weighted by atomic mass is 35.7. The second-order valence-corrected chi connectivity index (χ2v) is 7.07. The van der Waals surface area contributed by atoms with Gasteiger partial charge in [0.05, 0.1) is 11.8 Å². The average Bonchev–Trinajstić information content (AvgIpc) is 3.03. The van der Waals surface area contributed by atoms with E-state index in [0.717, 1.165) is 6.42 Å². The van der Waals surface area contributed by atoms with E-state index < -0.39 is 15.0 Å². The fourth-order valence-electron chi connectivity index (χ4n) is 2.27. The molecule has 1 unspecified atom stereocenters. The van der Waals surface area contributed by atoms with E-state index in [1.807, 2.05) is 0 Å². The number of carbonyl (C=O) groups excluding carboxylic acids is 1. The summed E-state index contributed by atoms with van der Waals surface area (Å²) >= 11 is 0. The molecular formula is C11H16ClN3O4S. The van der Waals surface area contributed by atoms with Crippen LogP contribution in [0, 0.1) is 0 Å². The van der Waals surface area contributed by atoms with Crippen LogP contribution in [0.15, 0.2) is 4.90 Å². The zero-order valence-corrected chi connectivity index (χ0v) is 12.8. The number of methoxy groups -OCH3 is 1. The van der Waals surface area contributed by atoms with Gasteiger partial charge in [0, 0.05) is 30.9 Å². The Labute approximate surface area is 121 Å². The molecule has 1 fully saturated rings. The van der Waals surface area contributed by atoms with E-state index in [9.17, 15) is 13.2 Å². The molecular weight excluding hydrogens is 306 g/mol. The van der Waals surface area contributed by atoms with Gasteiger partial charge in [0.2, 0.25) is 0 Å². The van der Waals surface area contributed by atoms with Gasteiger partial charge in [-0.3, -0.25) is 9.89 Å². The van der Waals surface area contributed by atoms with Crippen molar-refractivity contribution in [1.29, 1.82) is 0 Å². The molecule has 0 bridgehead atoms. The molecule has 1 saturated heterocycles. The number of aromatic nitrogens is 2. The molecule has 20 heavy (non-hydrogen) atoms. The van der Waals surface area contributed by atoms with Gasteiger partial charge in [0.25, 0.3) is 15.0 Å². The number of nitrogens with zero attached hydrogens (tertiary/aromatic N) is 2. The molecule has 0 aliphatic carbocycles. The van der Waals surface area contributed by atoms with Crippen LogP contribution >= 0.6 is 10.7 Å². The monoisotopic (exact) mass is 321 g/mol. The Balaban J connectivity index is 2.34. The topological polar surface area (TPSA) is 92.4 Å². The summed E-state index contributed by atoms with van der Waals surface area (Å²) in [6.45, 7) is 2.68. The Morgan fingerprint density at radius 1 is 1.60 bits per heavy atom. The lowest BCUT2D eigenvalue weighted by Gasteiger charge is -2.15. The van der Waals surface area contributed by atoms with E-state index in [0.29, 0.717) is 25.2 Å². The second kappa shape index (κ2) is 5.71. The zero-order valence-electron chi connectivity index (χ0n) is 11.2. The molecule has 1 aliphatic heterocycles. The molecule has 1 aromatic heterocycles. The molecule has 0 radical (unpaired) electrons. The van der Waals surface area contributed by atoms with Crippen molar-refractivity contribution in [3.05, 3.63) is 11.4 Å². The van der Waals surface area contributed by atoms with Crippen molar-refractivity contribution in [1.82, 2.24) is 15.1 Å². The van der Waals surface area contributed by atoms with Crippen LogP contribution in [0.1, 0.15) is 29.5 Å². The molecule has 112 valence electrons. The lowest BCUT2D eigenvalue weighted by molar-refractivity contribution is 0.0715. The number of ether oxygens (including phenoxy) is 1. The van der Waals surface area contributed by atoms with Crippen LogP contribution in [0.25, 0.3) is 0 Å². The Hall–Kier alpha value is -1.12. The van der Waals surface area contributed by atoms with Crippen LogP contribution in [0.2, 0.25) is 0 Å². The van der Waals surface area contributed by atoms with Gasteiger partial charge < -0.3 is 9.64 Å². The van der Waals surface area contributed by atoms with Crippen molar-refractivity contribution >= 4 is 25.6 Å². The number of carbonyl (C=O) groups is 1. The Kier molecular flexibility index (Phi) is 4.36. The third-order valence-corrected chi connectivity index (χ3v) is 4.75. The maximum Gasteiger partial charge on any atom is 0.275 e. The molecule has 1 atom stereocenters.